The topological polar surface area (TPSA) is 68.3 Å². The van der Waals surface area contributed by atoms with Gasteiger partial charge in [-0.15, -0.1) is 0 Å². The summed E-state index contributed by atoms with van der Waals surface area (Å²) in [6.07, 6.45) is 1.61. The maximum atomic E-state index is 11.9. The lowest BCUT2D eigenvalue weighted by Crippen LogP contribution is -2.27. The van der Waals surface area contributed by atoms with Gasteiger partial charge in [-0.3, -0.25) is 4.79 Å². The summed E-state index contributed by atoms with van der Waals surface area (Å²) in [7, 11) is 0. The molecule has 3 rings (SSSR count). The van der Waals surface area contributed by atoms with E-state index in [0.717, 1.165) is 22.6 Å². The number of carbonyl (C=O) groups excluding carboxylic acids is 1. The second-order valence-electron chi connectivity index (χ2n) is 5.38. The van der Waals surface area contributed by atoms with E-state index < -0.39 is 5.41 Å². The van der Waals surface area contributed by atoms with Gasteiger partial charge in [0.2, 0.25) is 5.91 Å². The van der Waals surface area contributed by atoms with Gasteiger partial charge in [0.05, 0.1) is 17.7 Å². The Morgan fingerprint density at radius 1 is 1.32 bits per heavy atom. The van der Waals surface area contributed by atoms with Gasteiger partial charge in [-0.05, 0) is 43.2 Å². The molecule has 0 radical (unpaired) electrons. The number of rotatable bonds is 2. The van der Waals surface area contributed by atoms with Gasteiger partial charge in [0.15, 0.2) is 0 Å². The molecule has 1 aliphatic rings. The van der Waals surface area contributed by atoms with Crippen LogP contribution in [0.3, 0.4) is 0 Å². The van der Waals surface area contributed by atoms with Crippen LogP contribution in [-0.4, -0.2) is 5.91 Å². The molecule has 1 amide bonds. The van der Waals surface area contributed by atoms with Crippen LogP contribution in [0.4, 0.5) is 5.69 Å². The van der Waals surface area contributed by atoms with Crippen LogP contribution in [0, 0.1) is 0 Å². The molecule has 0 fully saturated rings. The van der Waals surface area contributed by atoms with Crippen molar-refractivity contribution in [2.24, 2.45) is 5.73 Å². The van der Waals surface area contributed by atoms with Crippen molar-refractivity contribution in [1.29, 1.82) is 0 Å². The molecule has 1 unspecified atom stereocenters. The number of anilines is 1. The van der Waals surface area contributed by atoms with Crippen LogP contribution < -0.4 is 11.1 Å². The van der Waals surface area contributed by atoms with Crippen molar-refractivity contribution in [1.82, 2.24) is 0 Å². The van der Waals surface area contributed by atoms with Crippen molar-refractivity contribution < 1.29 is 9.21 Å². The van der Waals surface area contributed by atoms with E-state index >= 15 is 0 Å². The second-order valence-corrected chi connectivity index (χ2v) is 5.38. The van der Waals surface area contributed by atoms with Gasteiger partial charge < -0.3 is 15.5 Å². The average molecular weight is 256 g/mol. The lowest BCUT2D eigenvalue weighted by Gasteiger charge is -2.17. The summed E-state index contributed by atoms with van der Waals surface area (Å²) in [4.78, 5) is 11.9. The van der Waals surface area contributed by atoms with E-state index in [0.29, 0.717) is 0 Å². The van der Waals surface area contributed by atoms with Crippen molar-refractivity contribution in [3.8, 4) is 0 Å². The van der Waals surface area contributed by atoms with E-state index in [1.54, 1.807) is 6.26 Å². The summed E-state index contributed by atoms with van der Waals surface area (Å²) in [6.45, 7) is 3.83. The highest BCUT2D eigenvalue weighted by atomic mass is 16.3. The maximum absolute atomic E-state index is 11.9. The molecule has 4 nitrogen and oxygen atoms in total. The van der Waals surface area contributed by atoms with Gasteiger partial charge in [-0.1, -0.05) is 12.1 Å². The van der Waals surface area contributed by atoms with Crippen LogP contribution in [0.2, 0.25) is 0 Å². The van der Waals surface area contributed by atoms with Crippen LogP contribution >= 0.6 is 0 Å². The first-order valence-corrected chi connectivity index (χ1v) is 6.25. The van der Waals surface area contributed by atoms with Crippen molar-refractivity contribution in [3.05, 3.63) is 53.5 Å². The quantitative estimate of drug-likeness (QED) is 0.867. The number of furan rings is 1. The molecule has 2 heterocycles. The fourth-order valence-corrected chi connectivity index (χ4v) is 2.41. The molecule has 0 saturated carbocycles. The fourth-order valence-electron chi connectivity index (χ4n) is 2.41. The first-order chi connectivity index (χ1) is 9.00. The molecule has 98 valence electrons. The summed E-state index contributed by atoms with van der Waals surface area (Å²) in [6, 6.07) is 9.17. The monoisotopic (exact) mass is 256 g/mol. The smallest absolute Gasteiger partial charge is 0.234 e. The highest BCUT2D eigenvalue weighted by Gasteiger charge is 2.38. The Bertz CT molecular complexity index is 630. The molecule has 1 aromatic carbocycles. The first-order valence-electron chi connectivity index (χ1n) is 6.25. The van der Waals surface area contributed by atoms with Crippen molar-refractivity contribution >= 4 is 11.6 Å². The van der Waals surface area contributed by atoms with Gasteiger partial charge in [0, 0.05) is 5.69 Å². The number of carbonyl (C=O) groups is 1. The largest absolute Gasteiger partial charge is 0.467 e. The van der Waals surface area contributed by atoms with E-state index in [-0.39, 0.29) is 11.9 Å². The summed E-state index contributed by atoms with van der Waals surface area (Å²) >= 11 is 0. The van der Waals surface area contributed by atoms with Gasteiger partial charge in [-0.2, -0.15) is 0 Å². The summed E-state index contributed by atoms with van der Waals surface area (Å²) in [5.74, 6) is 0.737. The standard InChI is InChI=1S/C15H16N2O2/c1-15(2)10-8-9(5-6-11(10)17-14(15)18)13(16)12-4-3-7-19-12/h3-8,13H,16H2,1-2H3,(H,17,18). The van der Waals surface area contributed by atoms with E-state index in [2.05, 4.69) is 5.32 Å². The summed E-state index contributed by atoms with van der Waals surface area (Å²) in [5, 5.41) is 2.89. The molecule has 2 aromatic rings. The van der Waals surface area contributed by atoms with E-state index in [4.69, 9.17) is 10.2 Å². The van der Waals surface area contributed by atoms with E-state index in [9.17, 15) is 4.79 Å². The molecule has 4 heteroatoms. The lowest BCUT2D eigenvalue weighted by molar-refractivity contribution is -0.119. The van der Waals surface area contributed by atoms with Crippen molar-refractivity contribution in [2.45, 2.75) is 25.3 Å². The zero-order valence-electron chi connectivity index (χ0n) is 10.9. The lowest BCUT2D eigenvalue weighted by atomic mass is 9.84. The number of benzene rings is 1. The predicted octanol–water partition coefficient (Wildman–Crippen LogP) is 2.56. The third-order valence-corrected chi connectivity index (χ3v) is 3.74. The minimum atomic E-state index is -0.520. The highest BCUT2D eigenvalue weighted by Crippen LogP contribution is 2.38. The molecule has 0 spiro atoms. The molecule has 1 aromatic heterocycles. The Morgan fingerprint density at radius 2 is 2.11 bits per heavy atom. The molecule has 1 atom stereocenters. The Labute approximate surface area is 111 Å². The third-order valence-electron chi connectivity index (χ3n) is 3.74. The van der Waals surface area contributed by atoms with Crippen molar-refractivity contribution in [2.75, 3.05) is 5.32 Å². The summed E-state index contributed by atoms with van der Waals surface area (Å²) in [5.41, 5.74) is 8.45. The number of nitrogens with two attached hydrogens (primary N) is 1. The number of amides is 1. The third kappa shape index (κ3) is 1.76. The SMILES string of the molecule is CC1(C)C(=O)Nc2ccc(C(N)c3ccco3)cc21. The van der Waals surface area contributed by atoms with Crippen LogP contribution in [0.15, 0.2) is 41.0 Å². The Hall–Kier alpha value is -2.07. The first kappa shape index (κ1) is 12.0. The zero-order chi connectivity index (χ0) is 13.6. The number of fused-ring (bicyclic) bond motifs is 1. The van der Waals surface area contributed by atoms with Crippen molar-refractivity contribution in [3.63, 3.8) is 0 Å². The Balaban J connectivity index is 2.04. The van der Waals surface area contributed by atoms with Crippen LogP contribution in [0.1, 0.15) is 36.8 Å². The number of hydrogen-bond acceptors (Lipinski definition) is 3. The normalized spacial score (nSPS) is 17.9. The molecule has 19 heavy (non-hydrogen) atoms. The molecule has 0 aliphatic carbocycles. The molecular weight excluding hydrogens is 240 g/mol. The molecular formula is C15H16N2O2. The molecule has 0 bridgehead atoms. The van der Waals surface area contributed by atoms with Gasteiger partial charge in [0.1, 0.15) is 5.76 Å². The minimum Gasteiger partial charge on any atom is -0.467 e. The van der Waals surface area contributed by atoms with Crippen LogP contribution in [-0.2, 0) is 10.2 Å². The van der Waals surface area contributed by atoms with E-state index in [1.165, 1.54) is 0 Å². The Morgan fingerprint density at radius 3 is 2.79 bits per heavy atom. The fraction of sp³-hybridized carbons (Fsp3) is 0.267. The summed E-state index contributed by atoms with van der Waals surface area (Å²) < 4.78 is 5.33. The number of hydrogen-bond donors (Lipinski definition) is 2. The van der Waals surface area contributed by atoms with Gasteiger partial charge in [0.25, 0.3) is 0 Å². The molecule has 0 saturated heterocycles. The Kier molecular flexibility index (Phi) is 2.50. The van der Waals surface area contributed by atoms with Crippen LogP contribution in [0.5, 0.6) is 0 Å². The van der Waals surface area contributed by atoms with Gasteiger partial charge in [-0.25, -0.2) is 0 Å². The maximum Gasteiger partial charge on any atom is 0.234 e. The highest BCUT2D eigenvalue weighted by molar-refractivity contribution is 6.05. The van der Waals surface area contributed by atoms with Gasteiger partial charge >= 0.3 is 0 Å². The van der Waals surface area contributed by atoms with E-state index in [1.807, 2.05) is 44.2 Å². The predicted molar refractivity (Wildman–Crippen MR) is 72.8 cm³/mol. The number of nitrogens with one attached hydrogen (secondary N) is 1. The zero-order valence-corrected chi connectivity index (χ0v) is 10.9. The molecule has 1 aliphatic heterocycles. The second kappa shape index (κ2) is 3.96. The minimum absolute atomic E-state index is 0.0196. The molecule has 3 N–H and O–H groups in total. The average Bonchev–Trinajstić information content (AvgIpc) is 2.98. The van der Waals surface area contributed by atoms with Crippen LogP contribution in [0.25, 0.3) is 0 Å².